The third-order valence-corrected chi connectivity index (χ3v) is 6.22. The molecule has 2 fully saturated rings. The van der Waals surface area contributed by atoms with Gasteiger partial charge in [-0.25, -0.2) is 0 Å². The Morgan fingerprint density at radius 2 is 1.97 bits per heavy atom. The fourth-order valence-corrected chi connectivity index (χ4v) is 4.63. The average molecular weight is 424 g/mol. The molecule has 3 heterocycles. The first-order valence-corrected chi connectivity index (χ1v) is 10.9. The molecule has 164 valence electrons. The number of rotatable bonds is 6. The molecule has 1 unspecified atom stereocenters. The van der Waals surface area contributed by atoms with Gasteiger partial charge < -0.3 is 29.2 Å². The summed E-state index contributed by atoms with van der Waals surface area (Å²) in [5, 5.41) is 3.19. The van der Waals surface area contributed by atoms with E-state index in [1.54, 1.807) is 25.3 Å². The molecule has 4 atom stereocenters. The normalized spacial score (nSPS) is 26.2. The number of ether oxygens (including phenoxy) is 4. The molecule has 2 bridgehead atoms. The van der Waals surface area contributed by atoms with Crippen molar-refractivity contribution in [2.75, 3.05) is 40.0 Å². The maximum absolute atomic E-state index is 12.7. The summed E-state index contributed by atoms with van der Waals surface area (Å²) in [7, 11) is 1.63. The number of fused-ring (bicyclic) bond motifs is 3. The predicted octanol–water partition coefficient (Wildman–Crippen LogP) is 2.74. The van der Waals surface area contributed by atoms with Crippen LogP contribution in [0.2, 0.25) is 0 Å². The Balaban J connectivity index is 1.15. The Morgan fingerprint density at radius 1 is 1.13 bits per heavy atom. The highest BCUT2D eigenvalue weighted by Gasteiger charge is 2.33. The van der Waals surface area contributed by atoms with Crippen LogP contribution < -0.4 is 24.3 Å². The lowest BCUT2D eigenvalue weighted by Crippen LogP contribution is -2.47. The number of piperidine rings is 1. The first-order valence-electron chi connectivity index (χ1n) is 10.9. The molecule has 3 aliphatic rings. The predicted molar refractivity (Wildman–Crippen MR) is 115 cm³/mol. The highest BCUT2D eigenvalue weighted by Crippen LogP contribution is 2.33. The molecule has 0 spiro atoms. The van der Waals surface area contributed by atoms with E-state index in [-0.39, 0.29) is 18.1 Å². The van der Waals surface area contributed by atoms with E-state index in [0.29, 0.717) is 30.3 Å². The van der Waals surface area contributed by atoms with Gasteiger partial charge in [0.05, 0.1) is 7.11 Å². The maximum atomic E-state index is 12.7. The SMILES string of the molecule is COc1ccc(OC[C@H]2COc3cc(C(=O)N[C@H]4C[C@@H]5CCN(C5)C4)ccc3O2)cc1. The molecule has 3 aliphatic heterocycles. The number of carbonyl (C=O) groups is 1. The van der Waals surface area contributed by atoms with Crippen molar-refractivity contribution in [1.82, 2.24) is 10.2 Å². The molecule has 1 amide bonds. The summed E-state index contributed by atoms with van der Waals surface area (Å²) in [6, 6.07) is 13.0. The zero-order valence-corrected chi connectivity index (χ0v) is 17.7. The smallest absolute Gasteiger partial charge is 0.251 e. The van der Waals surface area contributed by atoms with Gasteiger partial charge in [-0.1, -0.05) is 0 Å². The first kappa shape index (κ1) is 20.0. The van der Waals surface area contributed by atoms with Crippen molar-refractivity contribution in [3.05, 3.63) is 48.0 Å². The molecule has 7 heteroatoms. The van der Waals surface area contributed by atoms with E-state index in [4.69, 9.17) is 18.9 Å². The van der Waals surface area contributed by atoms with Crippen LogP contribution in [0.25, 0.3) is 0 Å². The summed E-state index contributed by atoms with van der Waals surface area (Å²) >= 11 is 0. The molecule has 31 heavy (non-hydrogen) atoms. The minimum atomic E-state index is -0.221. The first-order chi connectivity index (χ1) is 15.2. The Morgan fingerprint density at radius 3 is 2.77 bits per heavy atom. The zero-order valence-electron chi connectivity index (χ0n) is 17.7. The molecule has 2 saturated heterocycles. The van der Waals surface area contributed by atoms with Gasteiger partial charge in [-0.15, -0.1) is 0 Å². The summed E-state index contributed by atoms with van der Waals surface area (Å²) in [6.45, 7) is 4.02. The summed E-state index contributed by atoms with van der Waals surface area (Å²) in [4.78, 5) is 15.2. The van der Waals surface area contributed by atoms with E-state index in [2.05, 4.69) is 10.2 Å². The summed E-state index contributed by atoms with van der Waals surface area (Å²) < 4.78 is 22.8. The van der Waals surface area contributed by atoms with Gasteiger partial charge >= 0.3 is 0 Å². The van der Waals surface area contributed by atoms with Crippen LogP contribution in [0.5, 0.6) is 23.0 Å². The molecule has 2 aromatic rings. The van der Waals surface area contributed by atoms with Crippen molar-refractivity contribution in [3.8, 4) is 23.0 Å². The summed E-state index contributed by atoms with van der Waals surface area (Å²) in [6.07, 6.45) is 2.10. The second-order valence-electron chi connectivity index (χ2n) is 8.52. The number of nitrogens with one attached hydrogen (secondary N) is 1. The van der Waals surface area contributed by atoms with Crippen LogP contribution in [0, 0.1) is 5.92 Å². The van der Waals surface area contributed by atoms with Crippen LogP contribution >= 0.6 is 0 Å². The van der Waals surface area contributed by atoms with Gasteiger partial charge in [0.15, 0.2) is 17.6 Å². The van der Waals surface area contributed by atoms with E-state index >= 15 is 0 Å². The zero-order chi connectivity index (χ0) is 21.2. The lowest BCUT2D eigenvalue weighted by molar-refractivity contribution is 0.0534. The highest BCUT2D eigenvalue weighted by atomic mass is 16.6. The van der Waals surface area contributed by atoms with Crippen molar-refractivity contribution in [3.63, 3.8) is 0 Å². The molecule has 2 aromatic carbocycles. The number of methoxy groups -OCH3 is 1. The van der Waals surface area contributed by atoms with Gasteiger partial charge in [0.2, 0.25) is 0 Å². The fraction of sp³-hybridized carbons (Fsp3) is 0.458. The quantitative estimate of drug-likeness (QED) is 0.769. The number of hydrogen-bond acceptors (Lipinski definition) is 6. The van der Waals surface area contributed by atoms with Crippen LogP contribution in [0.1, 0.15) is 23.2 Å². The lowest BCUT2D eigenvalue weighted by atomic mass is 9.96. The summed E-state index contributed by atoms with van der Waals surface area (Å²) in [5.74, 6) is 3.43. The van der Waals surface area contributed by atoms with Crippen molar-refractivity contribution < 1.29 is 23.7 Å². The van der Waals surface area contributed by atoms with E-state index in [1.165, 1.54) is 13.0 Å². The number of nitrogens with zero attached hydrogens (tertiary/aromatic N) is 1. The minimum absolute atomic E-state index is 0.0520. The van der Waals surface area contributed by atoms with Gasteiger partial charge in [-0.05, 0) is 67.8 Å². The van der Waals surface area contributed by atoms with Gasteiger partial charge in [-0.2, -0.15) is 0 Å². The molecule has 0 aromatic heterocycles. The third-order valence-electron chi connectivity index (χ3n) is 6.22. The van der Waals surface area contributed by atoms with E-state index in [1.807, 2.05) is 24.3 Å². The third kappa shape index (κ3) is 4.56. The molecule has 1 N–H and O–H groups in total. The molecular formula is C24H28N2O5. The van der Waals surface area contributed by atoms with Crippen LogP contribution in [0.3, 0.4) is 0 Å². The van der Waals surface area contributed by atoms with Crippen LogP contribution in [0.15, 0.2) is 42.5 Å². The van der Waals surface area contributed by atoms with Gasteiger partial charge in [-0.3, -0.25) is 4.79 Å². The molecule has 0 aliphatic carbocycles. The topological polar surface area (TPSA) is 69.3 Å². The molecule has 7 nitrogen and oxygen atoms in total. The van der Waals surface area contributed by atoms with E-state index < -0.39 is 0 Å². The average Bonchev–Trinajstić information content (AvgIpc) is 3.15. The number of carbonyl (C=O) groups excluding carboxylic acids is 1. The van der Waals surface area contributed by atoms with Crippen molar-refractivity contribution in [1.29, 1.82) is 0 Å². The maximum Gasteiger partial charge on any atom is 0.251 e. The van der Waals surface area contributed by atoms with Crippen LogP contribution in [-0.2, 0) is 0 Å². The van der Waals surface area contributed by atoms with Crippen LogP contribution in [0.4, 0.5) is 0 Å². The molecular weight excluding hydrogens is 396 g/mol. The van der Waals surface area contributed by atoms with Crippen molar-refractivity contribution in [2.24, 2.45) is 5.92 Å². The van der Waals surface area contributed by atoms with Crippen molar-refractivity contribution >= 4 is 5.91 Å². The van der Waals surface area contributed by atoms with Crippen LogP contribution in [-0.4, -0.2) is 62.9 Å². The molecule has 5 rings (SSSR count). The standard InChI is InChI=1S/C24H28N2O5/c1-28-19-3-5-20(6-4-19)29-14-21-15-30-23-11-17(2-7-22(23)31-21)24(27)25-18-10-16-8-9-26(12-16)13-18/h2-7,11,16,18,21H,8-10,12-15H2,1H3,(H,25,27)/t16-,18-,21-/m0/s1. The van der Waals surface area contributed by atoms with Gasteiger partial charge in [0.1, 0.15) is 24.7 Å². The second-order valence-corrected chi connectivity index (χ2v) is 8.52. The Kier molecular flexibility index (Phi) is 5.59. The molecule has 0 saturated carbocycles. The van der Waals surface area contributed by atoms with Gasteiger partial charge in [0.25, 0.3) is 5.91 Å². The molecule has 0 radical (unpaired) electrons. The van der Waals surface area contributed by atoms with Crippen molar-refractivity contribution in [2.45, 2.75) is 25.0 Å². The largest absolute Gasteiger partial charge is 0.497 e. The summed E-state index contributed by atoms with van der Waals surface area (Å²) in [5.41, 5.74) is 0.600. The Labute approximate surface area is 182 Å². The Bertz CT molecular complexity index is 920. The van der Waals surface area contributed by atoms with Gasteiger partial charge in [0, 0.05) is 24.7 Å². The number of amides is 1. The fourth-order valence-electron chi connectivity index (χ4n) is 4.63. The lowest BCUT2D eigenvalue weighted by Gasteiger charge is -2.30. The second kappa shape index (κ2) is 8.67. The van der Waals surface area contributed by atoms with E-state index in [9.17, 15) is 4.79 Å². The number of hydrogen-bond donors (Lipinski definition) is 1. The van der Waals surface area contributed by atoms with E-state index in [0.717, 1.165) is 36.9 Å². The minimum Gasteiger partial charge on any atom is -0.497 e. The monoisotopic (exact) mass is 424 g/mol. The highest BCUT2D eigenvalue weighted by molar-refractivity contribution is 5.95. The number of benzene rings is 2. The Hall–Kier alpha value is -2.93.